The van der Waals surface area contributed by atoms with Gasteiger partial charge in [0.1, 0.15) is 14.1 Å². The number of rotatable bonds is 2. The zero-order chi connectivity index (χ0) is 5.91. The Morgan fingerprint density at radius 2 is 1.43 bits per heavy atom. The first-order chi connectivity index (χ1) is 3.12. The van der Waals surface area contributed by atoms with Crippen LogP contribution in [0.2, 0.25) is 0 Å². The van der Waals surface area contributed by atoms with Crippen LogP contribution >= 0.6 is 45.7 Å². The second kappa shape index (κ2) is 3.38. The molecule has 0 bridgehead atoms. The van der Waals surface area contributed by atoms with Gasteiger partial charge >= 0.3 is 0 Å². The average molecular weight is 328 g/mol. The van der Waals surface area contributed by atoms with Crippen molar-refractivity contribution in [3.05, 3.63) is 0 Å². The van der Waals surface area contributed by atoms with Gasteiger partial charge in [-0.05, 0) is 0 Å². The number of halogens is 2. The zero-order valence-corrected chi connectivity index (χ0v) is 8.52. The summed E-state index contributed by atoms with van der Waals surface area (Å²) in [4.78, 5) is 0. The van der Waals surface area contributed by atoms with E-state index >= 15 is 0 Å². The highest BCUT2D eigenvalue weighted by atomic mass is 127. The summed E-state index contributed by atoms with van der Waals surface area (Å²) in [6, 6.07) is 0. The Hall–Kier alpha value is 1.34. The maximum atomic E-state index is 2.98. The largest absolute Gasteiger partial charge is 0.159 e. The highest BCUT2D eigenvalue weighted by Gasteiger charge is 2.07. The second-order valence-electron chi connectivity index (χ2n) is 1.62. The Morgan fingerprint density at radius 3 is 1.43 bits per heavy atom. The molecule has 5 heteroatoms. The molecule has 0 aromatic rings. The number of hydrogen-bond acceptors (Lipinski definition) is 2. The lowest BCUT2D eigenvalue weighted by molar-refractivity contribution is -0.938. The van der Waals surface area contributed by atoms with Gasteiger partial charge in [0.2, 0.25) is 0 Å². The Morgan fingerprint density at radius 1 is 1.14 bits per heavy atom. The van der Waals surface area contributed by atoms with E-state index in [0.29, 0.717) is 4.70 Å². The van der Waals surface area contributed by atoms with Crippen LogP contribution in [0.1, 0.15) is 0 Å². The molecule has 0 rings (SSSR count). The molecule has 0 saturated carbocycles. The molecule has 0 aliphatic heterocycles. The molecule has 0 radical (unpaired) electrons. The van der Waals surface area contributed by atoms with Gasteiger partial charge in [-0.1, -0.05) is 7.28 Å². The van der Waals surface area contributed by atoms with Crippen molar-refractivity contribution in [3.63, 3.8) is 0 Å². The van der Waals surface area contributed by atoms with E-state index in [-0.39, 0.29) is 0 Å². The topological polar surface area (TPSA) is 24.1 Å². The van der Waals surface area contributed by atoms with Gasteiger partial charge < -0.3 is 0 Å². The van der Waals surface area contributed by atoms with E-state index in [9.17, 15) is 0 Å². The summed E-state index contributed by atoms with van der Waals surface area (Å²) in [5.74, 6) is 0. The molecule has 0 amide bonds. The summed E-state index contributed by atoms with van der Waals surface area (Å²) in [7, 11) is 4.00. The average Bonchev–Trinajstić information content (AvgIpc) is 1.68. The molecule has 0 spiro atoms. The first kappa shape index (κ1) is 8.34. The van der Waals surface area contributed by atoms with Crippen molar-refractivity contribution in [2.24, 2.45) is 0 Å². The fraction of sp³-hybridized carbons (Fsp3) is 1.00. The highest BCUT2D eigenvalue weighted by molar-refractivity contribution is 14.1. The van der Waals surface area contributed by atoms with E-state index < -0.39 is 0 Å². The third kappa shape index (κ3) is 3.88. The summed E-state index contributed by atoms with van der Waals surface area (Å²) in [5.41, 5.74) is 0. The van der Waals surface area contributed by atoms with Crippen LogP contribution in [0.15, 0.2) is 0 Å². The third-order valence-electron chi connectivity index (χ3n) is 0.423. The smallest absolute Gasteiger partial charge is 0.106 e. The van der Waals surface area contributed by atoms with E-state index in [1.54, 1.807) is 0 Å². The maximum absolute atomic E-state index is 2.98. The van der Waals surface area contributed by atoms with Gasteiger partial charge in [-0.2, -0.15) is 4.70 Å². The first-order valence-electron chi connectivity index (χ1n) is 1.72. The van der Waals surface area contributed by atoms with Gasteiger partial charge in [0.25, 0.3) is 0 Å². The highest BCUT2D eigenvalue weighted by Crippen LogP contribution is 1.88. The molecule has 0 aliphatic rings. The van der Waals surface area contributed by atoms with E-state index in [1.807, 2.05) is 14.1 Å². The summed E-state index contributed by atoms with van der Waals surface area (Å²) in [5, 5.41) is 0. The molecule has 0 saturated heterocycles. The third-order valence-corrected chi connectivity index (χ3v) is 2.83. The van der Waals surface area contributed by atoms with Crippen molar-refractivity contribution in [3.8, 4) is 0 Å². The molecular formula is C2H8I2N3+. The minimum atomic E-state index is 0.612. The van der Waals surface area contributed by atoms with Crippen molar-refractivity contribution in [2.75, 3.05) is 14.1 Å². The molecule has 0 heterocycles. The molecule has 0 aromatic heterocycles. The molecule has 0 aliphatic carbocycles. The molecule has 0 fully saturated rings. The van der Waals surface area contributed by atoms with Gasteiger partial charge in [0.05, 0.1) is 45.7 Å². The van der Waals surface area contributed by atoms with Crippen molar-refractivity contribution in [1.29, 1.82) is 0 Å². The molecule has 3 nitrogen and oxygen atoms in total. The van der Waals surface area contributed by atoms with Crippen molar-refractivity contribution in [1.82, 2.24) is 7.28 Å². The SMILES string of the molecule is C[N+](C)(NI)NI. The summed E-state index contributed by atoms with van der Waals surface area (Å²) < 4.78 is 6.57. The van der Waals surface area contributed by atoms with Gasteiger partial charge in [-0.15, -0.1) is 0 Å². The van der Waals surface area contributed by atoms with Crippen molar-refractivity contribution >= 4 is 45.7 Å². The van der Waals surface area contributed by atoms with Crippen LogP contribution in [0, 0.1) is 0 Å². The summed E-state index contributed by atoms with van der Waals surface area (Å²) in [6.07, 6.45) is 0. The molecule has 7 heavy (non-hydrogen) atoms. The second-order valence-corrected chi connectivity index (χ2v) is 2.59. The monoisotopic (exact) mass is 328 g/mol. The maximum Gasteiger partial charge on any atom is 0.106 e. The molecule has 0 atom stereocenters. The van der Waals surface area contributed by atoms with Crippen LogP contribution in [0.4, 0.5) is 0 Å². The van der Waals surface area contributed by atoms with Gasteiger partial charge in [-0.25, -0.2) is 0 Å². The molecule has 44 valence electrons. The van der Waals surface area contributed by atoms with Crippen LogP contribution in [-0.2, 0) is 0 Å². The van der Waals surface area contributed by atoms with Crippen LogP contribution in [0.5, 0.6) is 0 Å². The van der Waals surface area contributed by atoms with Crippen LogP contribution in [-0.4, -0.2) is 18.8 Å². The Balaban J connectivity index is 3.36. The minimum Gasteiger partial charge on any atom is -0.159 e. The van der Waals surface area contributed by atoms with Crippen LogP contribution in [0.3, 0.4) is 0 Å². The number of nitrogens with zero attached hydrogens (tertiary/aromatic N) is 1. The predicted molar refractivity (Wildman–Crippen MR) is 46.4 cm³/mol. The fourth-order valence-corrected chi connectivity index (χ4v) is 0.719. The standard InChI is InChI=1S/C2H8I2N3/c1-7(2,5-3)6-4/h5-6H,1-2H3/q+1. The van der Waals surface area contributed by atoms with E-state index in [2.05, 4.69) is 53.0 Å². The molecule has 2 N–H and O–H groups in total. The molecule has 0 unspecified atom stereocenters. The lowest BCUT2D eigenvalue weighted by Gasteiger charge is -2.21. The lowest BCUT2D eigenvalue weighted by atomic mass is 11.1. The van der Waals surface area contributed by atoms with Crippen LogP contribution in [0.25, 0.3) is 0 Å². The van der Waals surface area contributed by atoms with E-state index in [0.717, 1.165) is 0 Å². The fourth-order valence-electron chi connectivity index (χ4n) is 0.0160. The Labute approximate surface area is 71.4 Å². The Bertz CT molecular complexity index is 48.9. The number of hydrogen-bond donors (Lipinski definition) is 2. The van der Waals surface area contributed by atoms with Gasteiger partial charge in [0.15, 0.2) is 0 Å². The molecule has 0 aromatic carbocycles. The minimum absolute atomic E-state index is 0.612. The predicted octanol–water partition coefficient (Wildman–Crippen LogP) is 0.772. The van der Waals surface area contributed by atoms with E-state index in [4.69, 9.17) is 0 Å². The number of quaternary nitrogens is 1. The normalized spacial score (nSPS) is 12.0. The number of nitrogens with one attached hydrogen (secondary N) is 2. The van der Waals surface area contributed by atoms with E-state index in [1.165, 1.54) is 0 Å². The van der Waals surface area contributed by atoms with Gasteiger partial charge in [-0.3, -0.25) is 0 Å². The quantitative estimate of drug-likeness (QED) is 0.339. The summed E-state index contributed by atoms with van der Waals surface area (Å²) in [6.45, 7) is 0. The lowest BCUT2D eigenvalue weighted by Crippen LogP contribution is -2.52. The van der Waals surface area contributed by atoms with Crippen molar-refractivity contribution < 1.29 is 4.70 Å². The molecular weight excluding hydrogens is 320 g/mol. The first-order valence-corrected chi connectivity index (χ1v) is 3.88. The van der Waals surface area contributed by atoms with Crippen molar-refractivity contribution in [2.45, 2.75) is 0 Å². The van der Waals surface area contributed by atoms with Crippen LogP contribution < -0.4 is 7.28 Å². The zero-order valence-electron chi connectivity index (χ0n) is 4.20. The summed E-state index contributed by atoms with van der Waals surface area (Å²) >= 11 is 4.17. The Kier molecular flexibility index (Phi) is 4.03. The van der Waals surface area contributed by atoms with Gasteiger partial charge in [0, 0.05) is 0 Å².